The molecule has 2 aliphatic heterocycles. The minimum absolute atomic E-state index is 0.0458. The Labute approximate surface area is 136 Å². The highest BCUT2D eigenvalue weighted by atomic mass is 16.6. The van der Waals surface area contributed by atoms with Gasteiger partial charge >= 0.3 is 5.97 Å². The van der Waals surface area contributed by atoms with Crippen molar-refractivity contribution >= 4 is 5.97 Å². The average Bonchev–Trinajstić information content (AvgIpc) is 2.94. The molecule has 23 heavy (non-hydrogen) atoms. The van der Waals surface area contributed by atoms with E-state index in [0.717, 1.165) is 37.6 Å². The highest BCUT2D eigenvalue weighted by Crippen LogP contribution is 2.38. The van der Waals surface area contributed by atoms with Crippen LogP contribution in [0.1, 0.15) is 50.2 Å². The Hall–Kier alpha value is -1.47. The van der Waals surface area contributed by atoms with Crippen molar-refractivity contribution in [1.82, 2.24) is 19.9 Å². The standard InChI is InChI=1S/C16H24N4O3/c1-10-7-13(16(21)22-10)20-6-5-12(8-20)19(2)9-14-17-15(23-18-14)11-3-4-11/h10-13H,3-9H2,1-2H3/t10-,12+,13-/m1/s1. The molecule has 7 nitrogen and oxygen atoms in total. The first-order valence-corrected chi connectivity index (χ1v) is 8.57. The van der Waals surface area contributed by atoms with E-state index in [1.807, 2.05) is 6.92 Å². The van der Waals surface area contributed by atoms with Gasteiger partial charge in [-0.15, -0.1) is 0 Å². The van der Waals surface area contributed by atoms with Crippen LogP contribution in [-0.2, 0) is 16.1 Å². The first kappa shape index (κ1) is 15.1. The Balaban J connectivity index is 1.32. The van der Waals surface area contributed by atoms with Crippen molar-refractivity contribution in [3.63, 3.8) is 0 Å². The van der Waals surface area contributed by atoms with Crippen LogP contribution in [0, 0.1) is 0 Å². The van der Waals surface area contributed by atoms with E-state index in [-0.39, 0.29) is 18.1 Å². The first-order valence-electron chi connectivity index (χ1n) is 8.57. The molecule has 0 unspecified atom stereocenters. The number of nitrogens with zero attached hydrogens (tertiary/aromatic N) is 4. The lowest BCUT2D eigenvalue weighted by molar-refractivity contribution is -0.144. The number of likely N-dealkylation sites (N-methyl/N-ethyl adjacent to an activating group) is 1. The van der Waals surface area contributed by atoms with Crippen molar-refractivity contribution in [1.29, 1.82) is 0 Å². The smallest absolute Gasteiger partial charge is 0.323 e. The van der Waals surface area contributed by atoms with Gasteiger partial charge in [0, 0.05) is 31.5 Å². The summed E-state index contributed by atoms with van der Waals surface area (Å²) in [6.07, 6.45) is 4.26. The third-order valence-corrected chi connectivity index (χ3v) is 5.20. The molecule has 0 radical (unpaired) electrons. The van der Waals surface area contributed by atoms with Gasteiger partial charge in [0.15, 0.2) is 5.82 Å². The van der Waals surface area contributed by atoms with Gasteiger partial charge in [-0.3, -0.25) is 14.6 Å². The maximum atomic E-state index is 11.9. The zero-order valence-corrected chi connectivity index (χ0v) is 13.8. The topological polar surface area (TPSA) is 71.7 Å². The Kier molecular flexibility index (Phi) is 3.85. The summed E-state index contributed by atoms with van der Waals surface area (Å²) in [4.78, 5) is 20.9. The third-order valence-electron chi connectivity index (χ3n) is 5.20. The predicted octanol–water partition coefficient (Wildman–Crippen LogP) is 1.16. The second-order valence-corrected chi connectivity index (χ2v) is 7.17. The van der Waals surface area contributed by atoms with Crippen LogP contribution < -0.4 is 0 Å². The number of cyclic esters (lactones) is 1. The summed E-state index contributed by atoms with van der Waals surface area (Å²) in [5.41, 5.74) is 0. The van der Waals surface area contributed by atoms with Crippen LogP contribution in [0.4, 0.5) is 0 Å². The predicted molar refractivity (Wildman–Crippen MR) is 81.7 cm³/mol. The van der Waals surface area contributed by atoms with Crippen LogP contribution in [-0.4, -0.2) is 64.2 Å². The Bertz CT molecular complexity index is 586. The normalized spacial score (nSPS) is 32.0. The molecule has 0 N–H and O–H groups in total. The van der Waals surface area contributed by atoms with Gasteiger partial charge in [0.2, 0.25) is 5.89 Å². The van der Waals surface area contributed by atoms with Crippen LogP contribution in [0.3, 0.4) is 0 Å². The maximum absolute atomic E-state index is 11.9. The van der Waals surface area contributed by atoms with E-state index in [2.05, 4.69) is 27.0 Å². The Morgan fingerprint density at radius 2 is 2.17 bits per heavy atom. The highest BCUT2D eigenvalue weighted by Gasteiger charge is 2.40. The van der Waals surface area contributed by atoms with Crippen molar-refractivity contribution in [2.75, 3.05) is 20.1 Å². The lowest BCUT2D eigenvalue weighted by Crippen LogP contribution is -2.40. The molecule has 1 aromatic rings. The summed E-state index contributed by atoms with van der Waals surface area (Å²) in [5.74, 6) is 2.00. The van der Waals surface area contributed by atoms with E-state index in [1.54, 1.807) is 0 Å². The van der Waals surface area contributed by atoms with E-state index in [4.69, 9.17) is 9.26 Å². The molecule has 3 aliphatic rings. The van der Waals surface area contributed by atoms with Gasteiger partial charge in [-0.05, 0) is 33.2 Å². The minimum Gasteiger partial charge on any atom is -0.461 e. The van der Waals surface area contributed by atoms with Gasteiger partial charge < -0.3 is 9.26 Å². The number of likely N-dealkylation sites (tertiary alicyclic amines) is 1. The molecule has 0 bridgehead atoms. The fourth-order valence-electron chi connectivity index (χ4n) is 3.62. The Morgan fingerprint density at radius 3 is 2.87 bits per heavy atom. The van der Waals surface area contributed by atoms with Crippen molar-refractivity contribution < 1.29 is 14.1 Å². The second kappa shape index (κ2) is 5.87. The van der Waals surface area contributed by atoms with Crippen LogP contribution in [0.15, 0.2) is 4.52 Å². The van der Waals surface area contributed by atoms with E-state index in [0.29, 0.717) is 18.5 Å². The minimum atomic E-state index is -0.0620. The maximum Gasteiger partial charge on any atom is 0.323 e. The zero-order chi connectivity index (χ0) is 16.0. The summed E-state index contributed by atoms with van der Waals surface area (Å²) < 4.78 is 10.6. The van der Waals surface area contributed by atoms with Gasteiger partial charge in [-0.1, -0.05) is 5.16 Å². The lowest BCUT2D eigenvalue weighted by atomic mass is 10.1. The molecule has 126 valence electrons. The SMILES string of the molecule is C[C@@H]1C[C@@H](N2CC[C@H](N(C)Cc3noc(C4CC4)n3)C2)C(=O)O1. The highest BCUT2D eigenvalue weighted by molar-refractivity contribution is 5.78. The molecular formula is C16H24N4O3. The molecule has 3 atom stereocenters. The molecule has 0 amide bonds. The number of carbonyl (C=O) groups is 1. The number of carbonyl (C=O) groups excluding carboxylic acids is 1. The lowest BCUT2D eigenvalue weighted by Gasteiger charge is -2.24. The number of hydrogen-bond donors (Lipinski definition) is 0. The van der Waals surface area contributed by atoms with Crippen LogP contribution >= 0.6 is 0 Å². The van der Waals surface area contributed by atoms with Gasteiger partial charge in [0.05, 0.1) is 6.54 Å². The molecular weight excluding hydrogens is 296 g/mol. The van der Waals surface area contributed by atoms with Gasteiger partial charge in [0.25, 0.3) is 0 Å². The van der Waals surface area contributed by atoms with Crippen molar-refractivity contribution in [3.05, 3.63) is 11.7 Å². The summed E-state index contributed by atoms with van der Waals surface area (Å²) in [6.45, 7) is 4.50. The number of hydrogen-bond acceptors (Lipinski definition) is 7. The van der Waals surface area contributed by atoms with Gasteiger partial charge in [-0.2, -0.15) is 4.98 Å². The number of aromatic nitrogens is 2. The molecule has 1 saturated carbocycles. The van der Waals surface area contributed by atoms with E-state index >= 15 is 0 Å². The molecule has 4 rings (SSSR count). The van der Waals surface area contributed by atoms with Crippen LogP contribution in [0.5, 0.6) is 0 Å². The molecule has 1 aliphatic carbocycles. The molecule has 3 heterocycles. The largest absolute Gasteiger partial charge is 0.461 e. The molecule has 2 saturated heterocycles. The monoisotopic (exact) mass is 320 g/mol. The van der Waals surface area contributed by atoms with E-state index in [9.17, 15) is 4.79 Å². The fourth-order valence-corrected chi connectivity index (χ4v) is 3.62. The van der Waals surface area contributed by atoms with Gasteiger partial charge in [-0.25, -0.2) is 0 Å². The number of esters is 1. The molecule has 0 spiro atoms. The summed E-state index contributed by atoms with van der Waals surface area (Å²) in [6, 6.07) is 0.358. The first-order chi connectivity index (χ1) is 11.1. The summed E-state index contributed by atoms with van der Waals surface area (Å²) >= 11 is 0. The summed E-state index contributed by atoms with van der Waals surface area (Å²) in [7, 11) is 2.09. The number of rotatable bonds is 5. The van der Waals surface area contributed by atoms with Gasteiger partial charge in [0.1, 0.15) is 12.1 Å². The molecule has 0 aromatic carbocycles. The van der Waals surface area contributed by atoms with Crippen molar-refractivity contribution in [2.45, 2.75) is 63.3 Å². The van der Waals surface area contributed by atoms with E-state index in [1.165, 1.54) is 12.8 Å². The Morgan fingerprint density at radius 1 is 1.35 bits per heavy atom. The molecule has 3 fully saturated rings. The van der Waals surface area contributed by atoms with Crippen molar-refractivity contribution in [2.24, 2.45) is 0 Å². The third kappa shape index (κ3) is 3.12. The quantitative estimate of drug-likeness (QED) is 0.754. The second-order valence-electron chi connectivity index (χ2n) is 7.17. The van der Waals surface area contributed by atoms with Crippen LogP contribution in [0.25, 0.3) is 0 Å². The molecule has 1 aromatic heterocycles. The fraction of sp³-hybridized carbons (Fsp3) is 0.812. The summed E-state index contributed by atoms with van der Waals surface area (Å²) in [5, 5.41) is 4.09. The average molecular weight is 320 g/mol. The van der Waals surface area contributed by atoms with E-state index < -0.39 is 0 Å². The number of ether oxygens (including phenoxy) is 1. The van der Waals surface area contributed by atoms with Crippen molar-refractivity contribution in [3.8, 4) is 0 Å². The zero-order valence-electron chi connectivity index (χ0n) is 13.8. The van der Waals surface area contributed by atoms with Crippen LogP contribution in [0.2, 0.25) is 0 Å². The molecule has 7 heteroatoms.